The molecule has 0 saturated carbocycles. The fourth-order valence-corrected chi connectivity index (χ4v) is 11.7. The molecule has 4 bridgehead atoms. The number of aromatic nitrogens is 4. The Morgan fingerprint density at radius 2 is 1.81 bits per heavy atom. The molecule has 4 atom stereocenters. The molecule has 72 heavy (non-hydrogen) atoms. The molecule has 2 aromatic carbocycles. The zero-order valence-corrected chi connectivity index (χ0v) is 43.1. The van der Waals surface area contributed by atoms with E-state index in [-0.39, 0.29) is 57.7 Å². The fourth-order valence-electron chi connectivity index (χ4n) is 10.0. The molecule has 6 aliphatic rings. The SMILES string of the molecule is Cc1c(Cl)c2c(Cl)c(C)c1-c1c(C3=CCCC3)sc3ncnc(c13)O[C@@H](C(=O)O)Cc1cc(ccc1OCc1ccnc(C3=CC[C@@](F)(COC[C@H]4COCCO4)CC3)n1)OCC(CN1CCN(C)CC1)O2. The van der Waals surface area contributed by atoms with Crippen LogP contribution in [0.5, 0.6) is 23.1 Å². The number of rotatable bonds is 12. The number of ether oxygens (including phenoxy) is 7. The number of thiophene rings is 1. The van der Waals surface area contributed by atoms with Crippen LogP contribution < -0.4 is 18.9 Å². The first-order chi connectivity index (χ1) is 34.9. The van der Waals surface area contributed by atoms with Crippen molar-refractivity contribution in [1.82, 2.24) is 29.7 Å². The summed E-state index contributed by atoms with van der Waals surface area (Å²) in [7, 11) is 2.12. The van der Waals surface area contributed by atoms with Crippen LogP contribution in [-0.2, 0) is 32.0 Å². The first-order valence-corrected chi connectivity index (χ1v) is 26.2. The average Bonchev–Trinajstić information content (AvgIpc) is 4.06. The van der Waals surface area contributed by atoms with E-state index in [1.165, 1.54) is 23.2 Å². The molecule has 0 amide bonds. The van der Waals surface area contributed by atoms with Crippen molar-refractivity contribution in [2.24, 2.45) is 0 Å². The second-order valence-electron chi connectivity index (χ2n) is 19.3. The number of aliphatic carboxylic acids is 1. The molecule has 2 fully saturated rings. The van der Waals surface area contributed by atoms with E-state index in [0.717, 1.165) is 78.1 Å². The van der Waals surface area contributed by atoms with Crippen molar-refractivity contribution in [1.29, 1.82) is 0 Å². The van der Waals surface area contributed by atoms with Crippen molar-refractivity contribution in [2.75, 3.05) is 79.4 Å². The molecule has 5 aromatic rings. The van der Waals surface area contributed by atoms with Gasteiger partial charge in [0.2, 0.25) is 12.0 Å². The largest absolute Gasteiger partial charge is 0.490 e. The van der Waals surface area contributed by atoms with Gasteiger partial charge in [-0.05, 0) is 105 Å². The zero-order chi connectivity index (χ0) is 49.9. The Morgan fingerprint density at radius 1 is 0.972 bits per heavy atom. The topological polar surface area (TPSA) is 160 Å². The van der Waals surface area contributed by atoms with Crippen molar-refractivity contribution in [3.63, 3.8) is 0 Å². The summed E-state index contributed by atoms with van der Waals surface area (Å²) >= 11 is 16.3. The van der Waals surface area contributed by atoms with Crippen LogP contribution in [0.15, 0.2) is 48.9 Å². The summed E-state index contributed by atoms with van der Waals surface area (Å²) in [5.41, 5.74) is 4.69. The number of likely N-dealkylation sites (N-methyl/N-ethyl adjacent to an activating group) is 1. The number of carboxylic acids is 1. The van der Waals surface area contributed by atoms with Crippen LogP contribution >= 0.6 is 34.5 Å². The number of hydrogen-bond acceptors (Lipinski definition) is 15. The van der Waals surface area contributed by atoms with Gasteiger partial charge in [-0.15, -0.1) is 11.3 Å². The Hall–Kier alpha value is -4.98. The third-order valence-corrected chi connectivity index (χ3v) is 16.2. The lowest BCUT2D eigenvalue weighted by atomic mass is 9.87. The van der Waals surface area contributed by atoms with Crippen LogP contribution in [0.3, 0.4) is 0 Å². The lowest BCUT2D eigenvalue weighted by Gasteiger charge is -2.35. The van der Waals surface area contributed by atoms with Gasteiger partial charge in [0, 0.05) is 67.8 Å². The summed E-state index contributed by atoms with van der Waals surface area (Å²) in [6, 6.07) is 7.08. The summed E-state index contributed by atoms with van der Waals surface area (Å²) in [5, 5.41) is 12.3. The predicted octanol–water partition coefficient (Wildman–Crippen LogP) is 9.39. The number of nitrogens with zero attached hydrogens (tertiary/aromatic N) is 6. The number of hydrogen-bond donors (Lipinski definition) is 1. The monoisotopic (exact) mass is 1040 g/mol. The van der Waals surface area contributed by atoms with Gasteiger partial charge in [-0.3, -0.25) is 4.90 Å². The minimum atomic E-state index is -1.51. The number of piperazine rings is 1. The van der Waals surface area contributed by atoms with Gasteiger partial charge < -0.3 is 43.2 Å². The molecule has 4 aliphatic heterocycles. The third kappa shape index (κ3) is 11.2. The molecule has 11 rings (SSSR count). The number of carbonyl (C=O) groups is 1. The van der Waals surface area contributed by atoms with Crippen molar-refractivity contribution in [3.8, 4) is 34.3 Å². The summed E-state index contributed by atoms with van der Waals surface area (Å²) < 4.78 is 59.1. The molecule has 1 unspecified atom stereocenters. The van der Waals surface area contributed by atoms with E-state index in [4.69, 9.17) is 66.3 Å². The normalized spacial score (nSPS) is 23.2. The smallest absolute Gasteiger partial charge is 0.345 e. The molecule has 15 nitrogen and oxygen atoms in total. The van der Waals surface area contributed by atoms with E-state index in [1.807, 2.05) is 19.9 Å². The first kappa shape index (κ1) is 50.5. The predicted molar refractivity (Wildman–Crippen MR) is 274 cm³/mol. The highest BCUT2D eigenvalue weighted by Gasteiger charge is 2.35. The molecule has 0 radical (unpaired) electrons. The Balaban J connectivity index is 0.967. The molecular formula is C53H59Cl2FN6O9S. The maximum Gasteiger partial charge on any atom is 0.345 e. The van der Waals surface area contributed by atoms with Crippen LogP contribution in [-0.4, -0.2) is 144 Å². The minimum absolute atomic E-state index is 0.0320. The van der Waals surface area contributed by atoms with E-state index in [9.17, 15) is 9.90 Å². The van der Waals surface area contributed by atoms with E-state index in [2.05, 4.69) is 32.9 Å². The van der Waals surface area contributed by atoms with Gasteiger partial charge in [0.15, 0.2) is 11.6 Å². The van der Waals surface area contributed by atoms with E-state index in [1.54, 1.807) is 30.5 Å². The molecular weight excluding hydrogens is 987 g/mol. The van der Waals surface area contributed by atoms with Crippen LogP contribution in [0.25, 0.3) is 32.5 Å². The fraction of sp³-hybridized carbons (Fsp3) is 0.491. The number of benzene rings is 2. The van der Waals surface area contributed by atoms with Gasteiger partial charge in [-0.25, -0.2) is 29.1 Å². The molecule has 382 valence electrons. The highest BCUT2D eigenvalue weighted by Crippen LogP contribution is 2.53. The Labute approximate surface area is 432 Å². The Morgan fingerprint density at radius 3 is 2.54 bits per heavy atom. The van der Waals surface area contributed by atoms with Crippen molar-refractivity contribution in [2.45, 2.75) is 89.4 Å². The molecule has 0 spiro atoms. The highest BCUT2D eigenvalue weighted by atomic mass is 35.5. The quantitative estimate of drug-likeness (QED) is 0.126. The number of allylic oxidation sites excluding steroid dienone is 4. The summed E-state index contributed by atoms with van der Waals surface area (Å²) in [6.07, 6.45) is 8.60. The second kappa shape index (κ2) is 22.2. The Kier molecular flexibility index (Phi) is 15.6. The van der Waals surface area contributed by atoms with Gasteiger partial charge in [0.25, 0.3) is 0 Å². The van der Waals surface area contributed by atoms with Gasteiger partial charge in [0.05, 0.1) is 54.2 Å². The van der Waals surface area contributed by atoms with Crippen molar-refractivity contribution < 1.29 is 47.4 Å². The van der Waals surface area contributed by atoms with Crippen molar-refractivity contribution >= 4 is 61.9 Å². The molecule has 19 heteroatoms. The van der Waals surface area contributed by atoms with E-state index < -0.39 is 23.8 Å². The first-order valence-electron chi connectivity index (χ1n) is 24.7. The molecule has 2 saturated heterocycles. The summed E-state index contributed by atoms with van der Waals surface area (Å²) in [5.74, 6) is 0.662. The maximum atomic E-state index is 15.8. The third-order valence-electron chi connectivity index (χ3n) is 14.1. The maximum absolute atomic E-state index is 15.8. The summed E-state index contributed by atoms with van der Waals surface area (Å²) in [4.78, 5) is 38.3. The number of carboxylic acid groups (broad SMARTS) is 1. The zero-order valence-electron chi connectivity index (χ0n) is 40.7. The molecule has 2 aliphatic carbocycles. The standard InChI is InChI=1S/C53H59Cl2FN6O9S/c1-31-42-32(2)46(55)47(45(31)54)70-38(24-62-18-16-61(3)17-19-62)28-68-37-8-9-40(35(22-37)23-41(52(63)64)71-50-44-43(42)48(33-6-4-5-7-33)72-51(44)59-30-58-50)69-25-36-12-15-57-49(60-36)34-10-13-53(56,14-11-34)29-66-27-39-26-65-20-21-67-39/h6,8-10,12,15,22,30,38-39,41H,4-5,7,11,13-14,16-21,23-29H2,1-3H3,(H,63,64)/t38?,39-,41-,53+/m1/s1. The van der Waals surface area contributed by atoms with Gasteiger partial charge >= 0.3 is 5.97 Å². The lowest BCUT2D eigenvalue weighted by molar-refractivity contribution is -0.145. The number of fused-ring (bicyclic) bond motifs is 7. The van der Waals surface area contributed by atoms with Gasteiger partial charge in [-0.2, -0.15) is 0 Å². The molecule has 3 aromatic heterocycles. The minimum Gasteiger partial charge on any atom is -0.490 e. The van der Waals surface area contributed by atoms with Crippen LogP contribution in [0.4, 0.5) is 4.39 Å². The number of alkyl halides is 1. The molecule has 1 N–H and O–H groups in total. The van der Waals surface area contributed by atoms with Crippen LogP contribution in [0.2, 0.25) is 10.0 Å². The second-order valence-corrected chi connectivity index (χ2v) is 21.0. The summed E-state index contributed by atoms with van der Waals surface area (Å²) in [6.45, 7) is 9.89. The molecule has 7 heterocycles. The average molecular weight is 1050 g/mol. The van der Waals surface area contributed by atoms with E-state index >= 15 is 4.39 Å². The van der Waals surface area contributed by atoms with Crippen LogP contribution in [0, 0.1) is 13.8 Å². The van der Waals surface area contributed by atoms with Crippen molar-refractivity contribution in [3.05, 3.63) is 92.1 Å². The van der Waals surface area contributed by atoms with Gasteiger partial charge in [0.1, 0.15) is 53.7 Å². The van der Waals surface area contributed by atoms with E-state index in [0.29, 0.717) is 87.4 Å². The number of halogens is 3. The van der Waals surface area contributed by atoms with Gasteiger partial charge in [-0.1, -0.05) is 35.4 Å². The lowest BCUT2D eigenvalue weighted by Crippen LogP contribution is -2.49. The highest BCUT2D eigenvalue weighted by molar-refractivity contribution is 7.20. The Bertz CT molecular complexity index is 2840. The van der Waals surface area contributed by atoms with Crippen LogP contribution in [0.1, 0.15) is 71.6 Å².